The van der Waals surface area contributed by atoms with Crippen LogP contribution in [0.1, 0.15) is 11.1 Å². The molecule has 0 bridgehead atoms. The molecular formula is C24H15F7O3. The van der Waals surface area contributed by atoms with Gasteiger partial charge < -0.3 is 14.2 Å². The number of alkyl halides is 2. The van der Waals surface area contributed by atoms with E-state index in [0.717, 1.165) is 24.3 Å². The Hall–Kier alpha value is -3.37. The summed E-state index contributed by atoms with van der Waals surface area (Å²) in [6.07, 6.45) is -1.97. The second-order valence-corrected chi connectivity index (χ2v) is 7.20. The van der Waals surface area contributed by atoms with Gasteiger partial charge in [-0.25, -0.2) is 22.0 Å². The van der Waals surface area contributed by atoms with Crippen molar-refractivity contribution in [3.63, 3.8) is 0 Å². The summed E-state index contributed by atoms with van der Waals surface area (Å²) >= 11 is 0. The average Bonchev–Trinajstić information content (AvgIpc) is 3.32. The lowest BCUT2D eigenvalue weighted by Crippen LogP contribution is -2.22. The van der Waals surface area contributed by atoms with E-state index in [0.29, 0.717) is 13.2 Å². The van der Waals surface area contributed by atoms with Crippen molar-refractivity contribution in [3.8, 4) is 16.9 Å². The van der Waals surface area contributed by atoms with Crippen molar-refractivity contribution in [3.05, 3.63) is 94.8 Å². The van der Waals surface area contributed by atoms with Crippen LogP contribution >= 0.6 is 0 Å². The lowest BCUT2D eigenvalue weighted by atomic mass is 10.0. The summed E-state index contributed by atoms with van der Waals surface area (Å²) in [5.74, 6) is -8.49. The lowest BCUT2D eigenvalue weighted by molar-refractivity contribution is -0.185. The predicted octanol–water partition coefficient (Wildman–Crippen LogP) is 6.56. The minimum absolute atomic E-state index is 0.0596. The third-order valence-corrected chi connectivity index (χ3v) is 4.93. The first-order valence-corrected chi connectivity index (χ1v) is 9.87. The topological polar surface area (TPSA) is 27.7 Å². The number of hydrogen-bond acceptors (Lipinski definition) is 3. The van der Waals surface area contributed by atoms with Gasteiger partial charge in [-0.05, 0) is 23.8 Å². The highest BCUT2D eigenvalue weighted by Gasteiger charge is 2.35. The van der Waals surface area contributed by atoms with Crippen LogP contribution in [-0.4, -0.2) is 19.5 Å². The van der Waals surface area contributed by atoms with Gasteiger partial charge in [0.15, 0.2) is 35.4 Å². The molecule has 0 radical (unpaired) electrons. The number of halogens is 7. The first-order chi connectivity index (χ1) is 16.2. The molecule has 1 aliphatic rings. The predicted molar refractivity (Wildman–Crippen MR) is 107 cm³/mol. The van der Waals surface area contributed by atoms with Gasteiger partial charge in [0.05, 0.1) is 18.8 Å². The molecule has 3 nitrogen and oxygen atoms in total. The van der Waals surface area contributed by atoms with Crippen LogP contribution in [0.3, 0.4) is 0 Å². The average molecular weight is 484 g/mol. The molecule has 0 saturated carbocycles. The third-order valence-electron chi connectivity index (χ3n) is 4.93. The summed E-state index contributed by atoms with van der Waals surface area (Å²) in [7, 11) is 0. The largest absolute Gasteiger partial charge is 0.429 e. The molecule has 0 unspecified atom stereocenters. The van der Waals surface area contributed by atoms with Crippen molar-refractivity contribution in [2.75, 3.05) is 13.2 Å². The van der Waals surface area contributed by atoms with E-state index in [-0.39, 0.29) is 28.8 Å². The molecule has 3 aromatic rings. The van der Waals surface area contributed by atoms with E-state index in [4.69, 9.17) is 9.47 Å². The van der Waals surface area contributed by atoms with E-state index in [1.54, 1.807) is 0 Å². The first kappa shape index (κ1) is 23.8. The molecule has 178 valence electrons. The fourth-order valence-electron chi connectivity index (χ4n) is 3.23. The highest BCUT2D eigenvalue weighted by molar-refractivity contribution is 5.67. The maximum atomic E-state index is 14.6. The van der Waals surface area contributed by atoms with E-state index < -0.39 is 52.8 Å². The van der Waals surface area contributed by atoms with Gasteiger partial charge in [0.25, 0.3) is 0 Å². The van der Waals surface area contributed by atoms with Crippen LogP contribution < -0.4 is 4.74 Å². The van der Waals surface area contributed by atoms with Crippen LogP contribution in [0.15, 0.2) is 54.6 Å². The quantitative estimate of drug-likeness (QED) is 0.293. The number of hydrogen-bond donors (Lipinski definition) is 0. The van der Waals surface area contributed by atoms with Crippen LogP contribution in [0, 0.1) is 29.1 Å². The Labute approximate surface area is 189 Å². The Balaban J connectivity index is 1.54. The molecule has 10 heteroatoms. The number of ether oxygens (including phenoxy) is 3. The standard InChI is InChI=1S/C24H15F7O3/c25-18-11-16(12-19(26)23(18)29)34-24(30,31)15-5-1-13(2-6-15)17-7-3-14(21(27)22(17)28)4-8-20-32-9-10-33-20/h1-8,11-12,20H,9-10H2. The van der Waals surface area contributed by atoms with Crippen LogP contribution in [0.4, 0.5) is 30.7 Å². The number of benzene rings is 3. The zero-order valence-electron chi connectivity index (χ0n) is 17.1. The molecule has 0 amide bonds. The fraction of sp³-hybridized carbons (Fsp3) is 0.167. The molecule has 1 heterocycles. The smallest absolute Gasteiger partial charge is 0.426 e. The van der Waals surface area contributed by atoms with E-state index in [1.165, 1.54) is 24.3 Å². The zero-order valence-corrected chi connectivity index (χ0v) is 17.1. The molecule has 3 aromatic carbocycles. The minimum Gasteiger partial charge on any atom is -0.429 e. The van der Waals surface area contributed by atoms with Crippen molar-refractivity contribution in [1.29, 1.82) is 0 Å². The van der Waals surface area contributed by atoms with Gasteiger partial charge in [-0.2, -0.15) is 8.78 Å². The molecule has 34 heavy (non-hydrogen) atoms. The van der Waals surface area contributed by atoms with Gasteiger partial charge in [-0.1, -0.05) is 30.3 Å². The highest BCUT2D eigenvalue weighted by atomic mass is 19.3. The van der Waals surface area contributed by atoms with Gasteiger partial charge in [0, 0.05) is 23.3 Å². The molecule has 1 saturated heterocycles. The molecule has 0 N–H and O–H groups in total. The van der Waals surface area contributed by atoms with Crippen LogP contribution in [0.25, 0.3) is 17.2 Å². The third kappa shape index (κ3) is 4.92. The first-order valence-electron chi connectivity index (χ1n) is 9.87. The molecule has 1 fully saturated rings. The Morgan fingerprint density at radius 2 is 1.41 bits per heavy atom. The molecule has 1 aliphatic heterocycles. The molecule has 0 aliphatic carbocycles. The Morgan fingerprint density at radius 1 is 0.794 bits per heavy atom. The van der Waals surface area contributed by atoms with Crippen molar-refractivity contribution in [2.45, 2.75) is 12.4 Å². The minimum atomic E-state index is -4.06. The van der Waals surface area contributed by atoms with E-state index in [9.17, 15) is 30.7 Å². The van der Waals surface area contributed by atoms with Crippen LogP contribution in [-0.2, 0) is 15.6 Å². The van der Waals surface area contributed by atoms with Gasteiger partial charge in [0.2, 0.25) is 0 Å². The zero-order chi connectivity index (χ0) is 24.5. The maximum Gasteiger partial charge on any atom is 0.426 e. The molecule has 0 atom stereocenters. The highest BCUT2D eigenvalue weighted by Crippen LogP contribution is 2.35. The molecule has 0 spiro atoms. The summed E-state index contributed by atoms with van der Waals surface area (Å²) in [5, 5.41) is 0. The summed E-state index contributed by atoms with van der Waals surface area (Å²) < 4.78 is 112. The lowest BCUT2D eigenvalue weighted by Gasteiger charge is -2.19. The van der Waals surface area contributed by atoms with Crippen molar-refractivity contribution in [2.24, 2.45) is 0 Å². The van der Waals surface area contributed by atoms with Gasteiger partial charge >= 0.3 is 6.11 Å². The normalized spacial score (nSPS) is 14.8. The summed E-state index contributed by atoms with van der Waals surface area (Å²) in [6.45, 7) is 0.783. The van der Waals surface area contributed by atoms with Gasteiger partial charge in [0.1, 0.15) is 5.75 Å². The summed E-state index contributed by atoms with van der Waals surface area (Å²) in [5.41, 5.74) is -0.886. The summed E-state index contributed by atoms with van der Waals surface area (Å²) in [6, 6.07) is 7.11. The second-order valence-electron chi connectivity index (χ2n) is 7.20. The van der Waals surface area contributed by atoms with Crippen molar-refractivity contribution >= 4 is 6.08 Å². The molecular weight excluding hydrogens is 469 g/mol. The van der Waals surface area contributed by atoms with Crippen molar-refractivity contribution in [1.82, 2.24) is 0 Å². The van der Waals surface area contributed by atoms with Crippen LogP contribution in [0.2, 0.25) is 0 Å². The SMILES string of the molecule is Fc1cc(OC(F)(F)c2ccc(-c3ccc(C=CC4OCCO4)c(F)c3F)cc2)cc(F)c1F. The van der Waals surface area contributed by atoms with Gasteiger partial charge in [-0.3, -0.25) is 0 Å². The van der Waals surface area contributed by atoms with Crippen LogP contribution in [0.5, 0.6) is 5.75 Å². The fourth-order valence-corrected chi connectivity index (χ4v) is 3.23. The van der Waals surface area contributed by atoms with Crippen molar-refractivity contribution < 1.29 is 44.9 Å². The molecule has 0 aromatic heterocycles. The molecule has 4 rings (SSSR count). The Morgan fingerprint density at radius 3 is 2.03 bits per heavy atom. The van der Waals surface area contributed by atoms with E-state index >= 15 is 0 Å². The Bertz CT molecular complexity index is 1200. The summed E-state index contributed by atoms with van der Waals surface area (Å²) in [4.78, 5) is 0. The second kappa shape index (κ2) is 9.47. The number of rotatable bonds is 6. The monoisotopic (exact) mass is 484 g/mol. The maximum absolute atomic E-state index is 14.6. The van der Waals surface area contributed by atoms with E-state index in [1.807, 2.05) is 0 Å². The van der Waals surface area contributed by atoms with E-state index in [2.05, 4.69) is 4.74 Å². The Kier molecular flexibility index (Phi) is 6.63. The van der Waals surface area contributed by atoms with Gasteiger partial charge in [-0.15, -0.1) is 0 Å².